The highest BCUT2D eigenvalue weighted by Gasteiger charge is 2.52. The van der Waals surface area contributed by atoms with Crippen molar-refractivity contribution in [2.75, 3.05) is 13.7 Å². The molecule has 1 saturated heterocycles. The first-order chi connectivity index (χ1) is 11.1. The maximum absolute atomic E-state index is 12.3. The number of rotatable bonds is 5. The van der Waals surface area contributed by atoms with Crippen LogP contribution in [0.15, 0.2) is 18.2 Å². The van der Waals surface area contributed by atoms with Gasteiger partial charge in [-0.05, 0) is 45.9 Å². The molecule has 1 aliphatic heterocycles. The van der Waals surface area contributed by atoms with Crippen molar-refractivity contribution in [2.24, 2.45) is 0 Å². The Balaban J connectivity index is 2.29. The van der Waals surface area contributed by atoms with E-state index in [2.05, 4.69) is 5.32 Å². The number of nitrogens with one attached hydrogen (secondary N) is 1. The molecule has 1 fully saturated rings. The number of ether oxygens (including phenoxy) is 1. The lowest BCUT2D eigenvalue weighted by molar-refractivity contribution is 0.00578. The van der Waals surface area contributed by atoms with Gasteiger partial charge in [0, 0.05) is 11.0 Å². The van der Waals surface area contributed by atoms with E-state index in [0.717, 1.165) is 0 Å². The molecule has 0 aliphatic carbocycles. The van der Waals surface area contributed by atoms with Crippen molar-refractivity contribution in [3.8, 4) is 5.75 Å². The van der Waals surface area contributed by atoms with Gasteiger partial charge in [0.1, 0.15) is 5.75 Å². The Labute approximate surface area is 140 Å². The second-order valence-electron chi connectivity index (χ2n) is 6.65. The first-order valence-electron chi connectivity index (χ1n) is 7.67. The summed E-state index contributed by atoms with van der Waals surface area (Å²) in [6, 6.07) is 4.65. The minimum absolute atomic E-state index is 0.237. The van der Waals surface area contributed by atoms with Crippen LogP contribution in [-0.2, 0) is 9.31 Å². The molecule has 0 unspecified atom stereocenters. The SMILES string of the molecule is COc1ccc(C(=O)NCC(F)F)cc1B1OC(C)(C)C(C)(C)O1. The Bertz CT molecular complexity index is 606. The third-order valence-corrected chi connectivity index (χ3v) is 4.42. The molecule has 24 heavy (non-hydrogen) atoms. The molecule has 0 atom stereocenters. The van der Waals surface area contributed by atoms with Crippen LogP contribution >= 0.6 is 0 Å². The number of amides is 1. The van der Waals surface area contributed by atoms with E-state index < -0.39 is 37.2 Å². The molecule has 5 nitrogen and oxygen atoms in total. The van der Waals surface area contributed by atoms with Gasteiger partial charge in [0.2, 0.25) is 0 Å². The molecule has 1 N–H and O–H groups in total. The van der Waals surface area contributed by atoms with E-state index in [0.29, 0.717) is 11.2 Å². The van der Waals surface area contributed by atoms with Gasteiger partial charge in [-0.25, -0.2) is 8.78 Å². The van der Waals surface area contributed by atoms with Gasteiger partial charge in [0.25, 0.3) is 12.3 Å². The largest absolute Gasteiger partial charge is 0.498 e. The highest BCUT2D eigenvalue weighted by molar-refractivity contribution is 6.63. The molecule has 0 bridgehead atoms. The fraction of sp³-hybridized carbons (Fsp3) is 0.562. The zero-order valence-corrected chi connectivity index (χ0v) is 14.5. The molecule has 1 aliphatic rings. The second kappa shape index (κ2) is 6.68. The molecule has 8 heteroatoms. The molecule has 132 valence electrons. The van der Waals surface area contributed by atoms with Crippen molar-refractivity contribution in [3.05, 3.63) is 23.8 Å². The zero-order valence-electron chi connectivity index (χ0n) is 14.5. The van der Waals surface area contributed by atoms with Crippen LogP contribution in [0, 0.1) is 0 Å². The summed E-state index contributed by atoms with van der Waals surface area (Å²) in [7, 11) is 0.786. The Kier molecular flexibility index (Phi) is 5.20. The average molecular weight is 341 g/mol. The normalized spacial score (nSPS) is 18.8. The number of carbonyl (C=O) groups is 1. The number of halogens is 2. The fourth-order valence-corrected chi connectivity index (χ4v) is 2.30. The quantitative estimate of drug-likeness (QED) is 0.833. The van der Waals surface area contributed by atoms with E-state index >= 15 is 0 Å². The first kappa shape index (κ1) is 18.7. The predicted molar refractivity (Wildman–Crippen MR) is 87.0 cm³/mol. The molecule has 1 amide bonds. The van der Waals surface area contributed by atoms with Gasteiger partial charge >= 0.3 is 7.12 Å². The molecule has 1 aromatic carbocycles. The van der Waals surface area contributed by atoms with Crippen LogP contribution in [0.5, 0.6) is 5.75 Å². The average Bonchev–Trinajstić information content (AvgIpc) is 2.72. The maximum atomic E-state index is 12.3. The van der Waals surface area contributed by atoms with E-state index in [4.69, 9.17) is 14.0 Å². The number of methoxy groups -OCH3 is 1. The molecular weight excluding hydrogens is 319 g/mol. The van der Waals surface area contributed by atoms with Crippen LogP contribution < -0.4 is 15.5 Å². The van der Waals surface area contributed by atoms with Crippen molar-refractivity contribution >= 4 is 18.5 Å². The summed E-state index contributed by atoms with van der Waals surface area (Å²) in [5, 5.41) is 2.17. The molecule has 0 aromatic heterocycles. The van der Waals surface area contributed by atoms with E-state index in [1.807, 2.05) is 27.7 Å². The standard InChI is InChI=1S/C16H22BF2NO4/c1-15(2)16(3,4)24-17(23-15)11-8-10(6-7-12(11)22-5)14(21)20-9-13(18)19/h6-8,13H,9H2,1-5H3,(H,20,21). The summed E-state index contributed by atoms with van der Waals surface area (Å²) in [5.74, 6) is -0.0883. The van der Waals surface area contributed by atoms with Gasteiger partial charge in [0.05, 0.1) is 24.9 Å². The zero-order chi connectivity index (χ0) is 18.1. The minimum Gasteiger partial charge on any atom is -0.497 e. The van der Waals surface area contributed by atoms with Crippen molar-refractivity contribution < 1.29 is 27.6 Å². The number of alkyl halides is 2. The maximum Gasteiger partial charge on any atom is 0.498 e. The van der Waals surface area contributed by atoms with Crippen LogP contribution in [0.2, 0.25) is 0 Å². The summed E-state index contributed by atoms with van der Waals surface area (Å²) in [5.41, 5.74) is -0.310. The molecule has 1 aromatic rings. The van der Waals surface area contributed by atoms with Gasteiger partial charge in [-0.2, -0.15) is 0 Å². The van der Waals surface area contributed by atoms with E-state index in [1.54, 1.807) is 12.1 Å². The van der Waals surface area contributed by atoms with E-state index in [1.165, 1.54) is 13.2 Å². The highest BCUT2D eigenvalue weighted by Crippen LogP contribution is 2.37. The van der Waals surface area contributed by atoms with E-state index in [9.17, 15) is 13.6 Å². The summed E-state index contributed by atoms with van der Waals surface area (Å²) in [6.07, 6.45) is -2.60. The minimum atomic E-state index is -2.60. The van der Waals surface area contributed by atoms with Crippen LogP contribution in [0.4, 0.5) is 8.78 Å². The third kappa shape index (κ3) is 3.70. The molecular formula is C16H22BF2NO4. The predicted octanol–water partition coefficient (Wildman–Crippen LogP) is 1.99. The van der Waals surface area contributed by atoms with Crippen LogP contribution in [-0.4, -0.2) is 44.3 Å². The van der Waals surface area contributed by atoms with Gasteiger partial charge in [-0.15, -0.1) is 0 Å². The summed E-state index contributed by atoms with van der Waals surface area (Å²) >= 11 is 0. The van der Waals surface area contributed by atoms with Crippen LogP contribution in [0.3, 0.4) is 0 Å². The van der Waals surface area contributed by atoms with Crippen LogP contribution in [0.25, 0.3) is 0 Å². The van der Waals surface area contributed by atoms with Gasteiger partial charge in [-0.1, -0.05) is 0 Å². The van der Waals surface area contributed by atoms with Gasteiger partial charge < -0.3 is 19.4 Å². The molecule has 0 radical (unpaired) electrons. The van der Waals surface area contributed by atoms with Crippen molar-refractivity contribution in [1.29, 1.82) is 0 Å². The lowest BCUT2D eigenvalue weighted by atomic mass is 9.77. The fourth-order valence-electron chi connectivity index (χ4n) is 2.30. The van der Waals surface area contributed by atoms with Crippen molar-refractivity contribution in [3.63, 3.8) is 0 Å². The van der Waals surface area contributed by atoms with Crippen LogP contribution in [0.1, 0.15) is 38.1 Å². The van der Waals surface area contributed by atoms with Gasteiger partial charge in [-0.3, -0.25) is 4.79 Å². The van der Waals surface area contributed by atoms with Crippen molar-refractivity contribution in [1.82, 2.24) is 5.32 Å². The second-order valence-corrected chi connectivity index (χ2v) is 6.65. The third-order valence-electron chi connectivity index (χ3n) is 4.42. The Hall–Kier alpha value is -1.67. The molecule has 2 rings (SSSR count). The Morgan fingerprint density at radius 3 is 2.33 bits per heavy atom. The summed E-state index contributed by atoms with van der Waals surface area (Å²) in [4.78, 5) is 12.0. The monoisotopic (exact) mass is 341 g/mol. The number of hydrogen-bond donors (Lipinski definition) is 1. The topological polar surface area (TPSA) is 56.8 Å². The molecule has 0 saturated carbocycles. The Morgan fingerprint density at radius 2 is 1.83 bits per heavy atom. The number of benzene rings is 1. The molecule has 0 spiro atoms. The first-order valence-corrected chi connectivity index (χ1v) is 7.67. The lowest BCUT2D eigenvalue weighted by Crippen LogP contribution is -2.41. The van der Waals surface area contributed by atoms with Gasteiger partial charge in [0.15, 0.2) is 0 Å². The van der Waals surface area contributed by atoms with Crippen molar-refractivity contribution in [2.45, 2.75) is 45.3 Å². The highest BCUT2D eigenvalue weighted by atomic mass is 19.3. The lowest BCUT2D eigenvalue weighted by Gasteiger charge is -2.32. The smallest absolute Gasteiger partial charge is 0.497 e. The number of carbonyl (C=O) groups excluding carboxylic acids is 1. The Morgan fingerprint density at radius 1 is 1.25 bits per heavy atom. The molecule has 1 heterocycles. The number of hydrogen-bond acceptors (Lipinski definition) is 4. The summed E-state index contributed by atoms with van der Waals surface area (Å²) in [6.45, 7) is 6.96. The summed E-state index contributed by atoms with van der Waals surface area (Å²) < 4.78 is 41.8. The van der Waals surface area contributed by atoms with E-state index in [-0.39, 0.29) is 5.56 Å².